The summed E-state index contributed by atoms with van der Waals surface area (Å²) in [5.41, 5.74) is 2.01. The van der Waals surface area contributed by atoms with Crippen molar-refractivity contribution in [1.82, 2.24) is 9.21 Å². The van der Waals surface area contributed by atoms with Crippen LogP contribution in [-0.2, 0) is 22.3 Å². The fraction of sp³-hybridized carbons (Fsp3) is 0.600. The van der Waals surface area contributed by atoms with Crippen molar-refractivity contribution in [2.75, 3.05) is 26.7 Å². The molecule has 4 nitrogen and oxygen atoms in total. The van der Waals surface area contributed by atoms with Crippen LogP contribution in [0.3, 0.4) is 0 Å². The monoisotopic (exact) mass is 330 g/mol. The third kappa shape index (κ3) is 3.42. The number of sulfonamides is 1. The molecule has 2 rings (SSSR count). The van der Waals surface area contributed by atoms with Crippen LogP contribution in [0.15, 0.2) is 23.1 Å². The molecule has 0 amide bonds. The lowest BCUT2D eigenvalue weighted by Gasteiger charge is -2.36. The summed E-state index contributed by atoms with van der Waals surface area (Å²) in [5, 5.41) is 0. The summed E-state index contributed by atoms with van der Waals surface area (Å²) in [6.45, 7) is 5.92. The predicted octanol–water partition coefficient (Wildman–Crippen LogP) is 2.31. The number of likely N-dealkylation sites (N-methyl/N-ethyl adjacent to an activating group) is 1. The molecule has 6 heteroatoms. The number of piperazine rings is 1. The van der Waals surface area contributed by atoms with Gasteiger partial charge >= 0.3 is 0 Å². The Labute approximate surface area is 132 Å². The topological polar surface area (TPSA) is 40.6 Å². The molecule has 1 aromatic carbocycles. The molecule has 1 fully saturated rings. The van der Waals surface area contributed by atoms with Crippen molar-refractivity contribution < 1.29 is 8.42 Å². The van der Waals surface area contributed by atoms with Crippen molar-refractivity contribution in [3.63, 3.8) is 0 Å². The number of hydrogen-bond donors (Lipinski definition) is 0. The summed E-state index contributed by atoms with van der Waals surface area (Å²) in [4.78, 5) is 2.53. The zero-order chi connectivity index (χ0) is 15.6. The Morgan fingerprint density at radius 2 is 2.00 bits per heavy atom. The maximum absolute atomic E-state index is 12.8. The molecule has 1 atom stereocenters. The predicted molar refractivity (Wildman–Crippen MR) is 86.2 cm³/mol. The Morgan fingerprint density at radius 3 is 2.57 bits per heavy atom. The Kier molecular flexibility index (Phi) is 5.30. The number of aryl methyl sites for hydroxylation is 1. The molecule has 21 heavy (non-hydrogen) atoms. The highest BCUT2D eigenvalue weighted by Gasteiger charge is 2.31. The van der Waals surface area contributed by atoms with Crippen LogP contribution in [-0.4, -0.2) is 50.3 Å². The normalized spacial score (nSPS) is 21.6. The second-order valence-corrected chi connectivity index (χ2v) is 7.82. The Balaban J connectivity index is 2.31. The van der Waals surface area contributed by atoms with Gasteiger partial charge in [-0.15, -0.1) is 11.6 Å². The van der Waals surface area contributed by atoms with Crippen LogP contribution in [0.1, 0.15) is 25.0 Å². The molecule has 0 aliphatic carbocycles. The fourth-order valence-electron chi connectivity index (χ4n) is 2.61. The van der Waals surface area contributed by atoms with Gasteiger partial charge < -0.3 is 4.90 Å². The maximum atomic E-state index is 12.8. The van der Waals surface area contributed by atoms with Crippen LogP contribution in [0, 0.1) is 0 Å². The molecule has 1 saturated heterocycles. The van der Waals surface area contributed by atoms with Gasteiger partial charge in [0.15, 0.2) is 0 Å². The van der Waals surface area contributed by atoms with Gasteiger partial charge in [-0.2, -0.15) is 4.31 Å². The van der Waals surface area contributed by atoms with E-state index >= 15 is 0 Å². The van der Waals surface area contributed by atoms with Gasteiger partial charge in [0.2, 0.25) is 10.0 Å². The van der Waals surface area contributed by atoms with Crippen molar-refractivity contribution in [1.29, 1.82) is 0 Å². The smallest absolute Gasteiger partial charge is 0.243 e. The van der Waals surface area contributed by atoms with E-state index in [1.54, 1.807) is 16.4 Å². The third-order valence-corrected chi connectivity index (χ3v) is 6.41. The third-order valence-electron chi connectivity index (χ3n) is 4.26. The highest BCUT2D eigenvalue weighted by molar-refractivity contribution is 7.89. The lowest BCUT2D eigenvalue weighted by molar-refractivity contribution is 0.159. The second kappa shape index (κ2) is 6.65. The molecule has 0 spiro atoms. The zero-order valence-electron chi connectivity index (χ0n) is 12.8. The van der Waals surface area contributed by atoms with Gasteiger partial charge in [-0.25, -0.2) is 8.42 Å². The van der Waals surface area contributed by atoms with E-state index in [1.165, 1.54) is 0 Å². The van der Waals surface area contributed by atoms with Crippen molar-refractivity contribution in [2.45, 2.75) is 37.1 Å². The summed E-state index contributed by atoms with van der Waals surface area (Å²) < 4.78 is 27.1. The minimum Gasteiger partial charge on any atom is -0.301 e. The number of rotatable bonds is 4. The molecule has 0 aromatic heterocycles. The highest BCUT2D eigenvalue weighted by Crippen LogP contribution is 2.23. The molecule has 0 radical (unpaired) electrons. The van der Waals surface area contributed by atoms with E-state index in [2.05, 4.69) is 4.90 Å². The molecule has 1 aliphatic rings. The van der Waals surface area contributed by atoms with Crippen molar-refractivity contribution in [3.05, 3.63) is 29.3 Å². The van der Waals surface area contributed by atoms with Crippen LogP contribution < -0.4 is 0 Å². The molecular formula is C15H23ClN2O2S. The number of alkyl halides is 1. The summed E-state index contributed by atoms with van der Waals surface area (Å²) in [6.07, 6.45) is 0.855. The Bertz CT molecular complexity index is 604. The molecular weight excluding hydrogens is 308 g/mol. The van der Waals surface area contributed by atoms with Crippen LogP contribution in [0.25, 0.3) is 0 Å². The van der Waals surface area contributed by atoms with E-state index in [9.17, 15) is 8.42 Å². The second-order valence-electron chi connectivity index (χ2n) is 5.61. The van der Waals surface area contributed by atoms with E-state index in [-0.39, 0.29) is 6.04 Å². The average Bonchev–Trinajstić information content (AvgIpc) is 2.49. The van der Waals surface area contributed by atoms with Gasteiger partial charge in [0, 0.05) is 31.6 Å². The molecule has 0 bridgehead atoms. The summed E-state index contributed by atoms with van der Waals surface area (Å²) in [5.74, 6) is 0.339. The first-order chi connectivity index (χ1) is 9.90. The van der Waals surface area contributed by atoms with Crippen molar-refractivity contribution >= 4 is 21.6 Å². The molecule has 0 N–H and O–H groups in total. The number of halogens is 1. The first-order valence-corrected chi connectivity index (χ1v) is 9.25. The Morgan fingerprint density at radius 1 is 1.29 bits per heavy atom. The fourth-order valence-corrected chi connectivity index (χ4v) is 4.43. The summed E-state index contributed by atoms with van der Waals surface area (Å²) >= 11 is 5.95. The standard InChI is InChI=1S/C15H23ClN2O2S/c1-4-13-5-6-15(9-14(13)10-16)21(19,20)18-8-7-17(3)12(2)11-18/h5-6,9,12H,4,7-8,10-11H2,1-3H3. The minimum absolute atomic E-state index is 0.232. The molecule has 1 aliphatic heterocycles. The molecule has 0 saturated carbocycles. The maximum Gasteiger partial charge on any atom is 0.243 e. The number of nitrogens with zero attached hydrogens (tertiary/aromatic N) is 2. The van der Waals surface area contributed by atoms with Gasteiger partial charge in [-0.1, -0.05) is 13.0 Å². The lowest BCUT2D eigenvalue weighted by Crippen LogP contribution is -2.51. The van der Waals surface area contributed by atoms with Gasteiger partial charge in [-0.3, -0.25) is 0 Å². The van der Waals surface area contributed by atoms with Crippen LogP contribution >= 0.6 is 11.6 Å². The van der Waals surface area contributed by atoms with E-state index in [0.29, 0.717) is 23.9 Å². The van der Waals surface area contributed by atoms with Gasteiger partial charge in [0.05, 0.1) is 4.90 Å². The first-order valence-electron chi connectivity index (χ1n) is 7.28. The summed E-state index contributed by atoms with van der Waals surface area (Å²) in [7, 11) is -1.40. The molecule has 1 unspecified atom stereocenters. The summed E-state index contributed by atoms with van der Waals surface area (Å²) in [6, 6.07) is 5.54. The SMILES string of the molecule is CCc1ccc(S(=O)(=O)N2CCN(C)C(C)C2)cc1CCl. The van der Waals surface area contributed by atoms with Gasteiger partial charge in [0.25, 0.3) is 0 Å². The van der Waals surface area contributed by atoms with Crippen LogP contribution in [0.5, 0.6) is 0 Å². The van der Waals surface area contributed by atoms with E-state index in [0.717, 1.165) is 24.1 Å². The molecule has 118 valence electrons. The van der Waals surface area contributed by atoms with Gasteiger partial charge in [-0.05, 0) is 43.7 Å². The van der Waals surface area contributed by atoms with Crippen LogP contribution in [0.4, 0.5) is 0 Å². The number of hydrogen-bond acceptors (Lipinski definition) is 3. The highest BCUT2D eigenvalue weighted by atomic mass is 35.5. The quantitative estimate of drug-likeness (QED) is 0.795. The van der Waals surface area contributed by atoms with E-state index < -0.39 is 10.0 Å². The Hall–Kier alpha value is -0.620. The van der Waals surface area contributed by atoms with Crippen molar-refractivity contribution in [2.24, 2.45) is 0 Å². The zero-order valence-corrected chi connectivity index (χ0v) is 14.4. The lowest BCUT2D eigenvalue weighted by atomic mass is 10.1. The largest absolute Gasteiger partial charge is 0.301 e. The molecule has 1 heterocycles. The van der Waals surface area contributed by atoms with Gasteiger partial charge in [0.1, 0.15) is 0 Å². The van der Waals surface area contributed by atoms with E-state index in [4.69, 9.17) is 11.6 Å². The number of benzene rings is 1. The van der Waals surface area contributed by atoms with Crippen molar-refractivity contribution in [3.8, 4) is 0 Å². The van der Waals surface area contributed by atoms with Crippen LogP contribution in [0.2, 0.25) is 0 Å². The average molecular weight is 331 g/mol. The minimum atomic E-state index is -3.43. The molecule has 1 aromatic rings. The first kappa shape index (κ1) is 16.7. The van der Waals surface area contributed by atoms with E-state index in [1.807, 2.05) is 27.0 Å².